The monoisotopic (exact) mass is 210 g/mol. The summed E-state index contributed by atoms with van der Waals surface area (Å²) in [5, 5.41) is 0. The molecule has 0 saturated carbocycles. The molecule has 0 aliphatic carbocycles. The quantitative estimate of drug-likeness (QED) is 0.628. The van der Waals surface area contributed by atoms with E-state index in [4.69, 9.17) is 2.74 Å². The highest BCUT2D eigenvalue weighted by atomic mass is 15.4. The third-order valence-electron chi connectivity index (χ3n) is 3.14. The Morgan fingerprint density at radius 2 is 0.857 bits per heavy atom. The van der Waals surface area contributed by atoms with Crippen molar-refractivity contribution in [2.24, 2.45) is 0 Å². The lowest BCUT2D eigenvalue weighted by atomic mass is 10.1. The zero-order valence-electron chi connectivity index (χ0n) is 14.0. The predicted molar refractivity (Wildman–Crippen MR) is 68.5 cm³/mol. The molecule has 0 saturated heterocycles. The Hall–Kier alpha value is -0.0800. The molecule has 0 aliphatic rings. The van der Waals surface area contributed by atoms with E-state index in [0.717, 1.165) is 8.97 Å². The molecule has 0 N–H and O–H groups in total. The predicted octanol–water partition coefficient (Wildman–Crippen LogP) is 2.45. The number of hydrogen-bond acceptors (Lipinski definition) is 0. The smallest absolute Gasteiger partial charge is 0.138 e. The minimum absolute atomic E-state index is 0.685. The van der Waals surface area contributed by atoms with Gasteiger partial charge in [-0.25, -0.2) is 0 Å². The average molecular weight is 210 g/mol. The molecule has 14 heavy (non-hydrogen) atoms. The van der Waals surface area contributed by atoms with Crippen molar-refractivity contribution in [1.82, 2.24) is 0 Å². The summed E-state index contributed by atoms with van der Waals surface area (Å²) in [5.41, 5.74) is 0. The Bertz CT molecular complexity index is 130. The fourth-order valence-electron chi connectivity index (χ4n) is 1.29. The second-order valence-electron chi connectivity index (χ2n) is 5.71. The first kappa shape index (κ1) is 13.9. The maximum absolute atomic E-state index is 5.75. The first-order valence-electron chi connectivity index (χ1n) is 6.69. The van der Waals surface area contributed by atoms with E-state index in [1.807, 2.05) is 0 Å². The number of likely N-dealkylation sites (N-methyl/N-ethyl adjacent to an activating group) is 2. The highest BCUT2D eigenvalue weighted by molar-refractivity contribution is 4.59. The maximum Gasteiger partial charge on any atom is 0.138 e. The van der Waals surface area contributed by atoms with Gasteiger partial charge < -0.3 is 8.97 Å². The average Bonchev–Trinajstić information content (AvgIpc) is 2.19. The van der Waals surface area contributed by atoms with Gasteiger partial charge >= 0.3 is 0 Å². The standard InChI is InChI=1S/C10H26N2.2CH4/c1-9(11(3,4)5)10(2)12(6,7)8;;/h9-10H,1-8H3;2*1H4/q+2;;/i;2*1T. The van der Waals surface area contributed by atoms with Gasteiger partial charge in [-0.15, -0.1) is 0 Å². The van der Waals surface area contributed by atoms with Crippen molar-refractivity contribution >= 4 is 0 Å². The lowest BCUT2D eigenvalue weighted by Gasteiger charge is -2.41. The van der Waals surface area contributed by atoms with E-state index >= 15 is 0 Å². The Kier molecular flexibility index (Phi) is 5.68. The van der Waals surface area contributed by atoms with Crippen molar-refractivity contribution in [3.8, 4) is 0 Å². The molecule has 2 atom stereocenters. The van der Waals surface area contributed by atoms with Crippen molar-refractivity contribution in [1.29, 1.82) is 0 Å². The van der Waals surface area contributed by atoms with E-state index in [0.29, 0.717) is 12.1 Å². The molecule has 0 radical (unpaired) electrons. The Labute approximate surface area is 95.5 Å². The Morgan fingerprint density at radius 3 is 0.929 bits per heavy atom. The van der Waals surface area contributed by atoms with Gasteiger partial charge in [-0.05, 0) is 13.8 Å². The molecule has 0 aliphatic heterocycles. The van der Waals surface area contributed by atoms with Crippen LogP contribution in [0.1, 0.15) is 31.4 Å². The molecule has 0 aromatic heterocycles. The van der Waals surface area contributed by atoms with Crippen LogP contribution in [0.3, 0.4) is 0 Å². The molecular formula is C12H34N2+2. The van der Waals surface area contributed by atoms with Crippen LogP contribution in [0.5, 0.6) is 0 Å². The van der Waals surface area contributed by atoms with Crippen LogP contribution in [0.4, 0.5) is 0 Å². The number of nitrogens with zero attached hydrogens (tertiary/aromatic N) is 2. The van der Waals surface area contributed by atoms with Gasteiger partial charge in [0.2, 0.25) is 0 Å². The van der Waals surface area contributed by atoms with Crippen LogP contribution < -0.4 is 0 Å². The summed E-state index contributed by atoms with van der Waals surface area (Å²) < 4.78 is 13.6. The summed E-state index contributed by atoms with van der Waals surface area (Å²) >= 11 is 0. The van der Waals surface area contributed by atoms with Crippen molar-refractivity contribution in [2.45, 2.75) is 40.7 Å². The zero-order chi connectivity index (χ0) is 14.2. The fourth-order valence-corrected chi connectivity index (χ4v) is 1.29. The molecule has 2 nitrogen and oxygen atoms in total. The molecule has 0 aromatic carbocycles. The van der Waals surface area contributed by atoms with Gasteiger partial charge in [0.05, 0.1) is 42.3 Å². The molecule has 0 rings (SSSR count). The molecule has 2 heteroatoms. The van der Waals surface area contributed by atoms with E-state index < -0.39 is 0 Å². The van der Waals surface area contributed by atoms with Gasteiger partial charge in [-0.3, -0.25) is 0 Å². The van der Waals surface area contributed by atoms with E-state index in [2.05, 4.69) is 56.1 Å². The molecule has 0 spiro atoms. The second kappa shape index (κ2) is 5.72. The number of quaternary nitrogens is 2. The van der Waals surface area contributed by atoms with Gasteiger partial charge in [-0.1, -0.05) is 14.8 Å². The van der Waals surface area contributed by atoms with Crippen LogP contribution in [0, 0.1) is 0 Å². The first-order chi connectivity index (χ1) is 7.07. The maximum atomic E-state index is 5.75. The van der Waals surface area contributed by atoms with E-state index in [1.165, 1.54) is 14.8 Å². The van der Waals surface area contributed by atoms with E-state index in [1.54, 1.807) is 0 Å². The molecule has 90 valence electrons. The highest BCUT2D eigenvalue weighted by Crippen LogP contribution is 2.14. The summed E-state index contributed by atoms with van der Waals surface area (Å²) in [6, 6.07) is 1.37. The Balaban J connectivity index is -0.000000376. The van der Waals surface area contributed by atoms with Gasteiger partial charge in [0, 0.05) is 2.74 Å². The lowest BCUT2D eigenvalue weighted by Crippen LogP contribution is -2.58. The van der Waals surface area contributed by atoms with Gasteiger partial charge in [0.25, 0.3) is 0 Å². The largest absolute Gasteiger partial charge is 0.324 e. The van der Waals surface area contributed by atoms with Crippen LogP contribution in [0.25, 0.3) is 0 Å². The lowest BCUT2D eigenvalue weighted by molar-refractivity contribution is -0.962. The summed E-state index contributed by atoms with van der Waals surface area (Å²) in [6.45, 7) is 4.66. The number of rotatable bonds is 3. The third-order valence-corrected chi connectivity index (χ3v) is 3.14. The topological polar surface area (TPSA) is 0 Å². The van der Waals surface area contributed by atoms with Crippen LogP contribution >= 0.6 is 0 Å². The fraction of sp³-hybridized carbons (Fsp3) is 1.00. The normalized spacial score (nSPS) is 17.3. The third kappa shape index (κ3) is 5.61. The molecule has 2 unspecified atom stereocenters. The first-order valence-corrected chi connectivity index (χ1v) is 4.69. The SMILES string of the molecule is CC(C(C)[N+](C)(C)C)[N+](C)(C)C.[3H]C.[3H]C. The van der Waals surface area contributed by atoms with Crippen molar-refractivity contribution in [3.63, 3.8) is 0 Å². The minimum atomic E-state index is 0.685. The van der Waals surface area contributed by atoms with Crippen LogP contribution in [0.15, 0.2) is 0 Å². The summed E-state index contributed by atoms with van der Waals surface area (Å²) in [5.74, 6) is 0. The Morgan fingerprint density at radius 1 is 0.714 bits per heavy atom. The molecule has 0 heterocycles. The molecular weight excluding hydrogens is 172 g/mol. The van der Waals surface area contributed by atoms with E-state index in [-0.39, 0.29) is 0 Å². The van der Waals surface area contributed by atoms with Crippen LogP contribution in [-0.2, 0) is 0 Å². The summed E-state index contributed by atoms with van der Waals surface area (Å²) in [4.78, 5) is 0. The van der Waals surface area contributed by atoms with Crippen LogP contribution in [-0.4, -0.2) is 63.3 Å². The molecule has 0 bridgehead atoms. The van der Waals surface area contributed by atoms with Crippen LogP contribution in [0.2, 0.25) is 0 Å². The van der Waals surface area contributed by atoms with E-state index in [9.17, 15) is 0 Å². The van der Waals surface area contributed by atoms with Crippen molar-refractivity contribution < 1.29 is 11.7 Å². The second-order valence-corrected chi connectivity index (χ2v) is 5.71. The molecule has 0 amide bonds. The summed E-state index contributed by atoms with van der Waals surface area (Å²) in [6.07, 6.45) is 0. The summed E-state index contributed by atoms with van der Waals surface area (Å²) in [7, 11) is 16.1. The molecule has 0 fully saturated rings. The zero-order valence-corrected chi connectivity index (χ0v) is 12.0. The highest BCUT2D eigenvalue weighted by Gasteiger charge is 2.33. The van der Waals surface area contributed by atoms with Gasteiger partial charge in [0.15, 0.2) is 0 Å². The van der Waals surface area contributed by atoms with Gasteiger partial charge in [-0.2, -0.15) is 0 Å². The van der Waals surface area contributed by atoms with Crippen molar-refractivity contribution in [2.75, 3.05) is 42.3 Å². The minimum Gasteiger partial charge on any atom is -0.324 e. The van der Waals surface area contributed by atoms with Crippen molar-refractivity contribution in [3.05, 3.63) is 0 Å². The number of hydrogen-bond donors (Lipinski definition) is 0. The molecule has 0 aromatic rings. The van der Waals surface area contributed by atoms with Gasteiger partial charge in [0.1, 0.15) is 12.1 Å².